The van der Waals surface area contributed by atoms with Gasteiger partial charge in [0.05, 0.1) is 4.90 Å². The molecule has 14 heavy (non-hydrogen) atoms. The van der Waals surface area contributed by atoms with E-state index in [4.69, 9.17) is 46.0 Å². The molecule has 0 saturated heterocycles. The van der Waals surface area contributed by atoms with E-state index in [-0.39, 0.29) is 0 Å². The average molecular weight is 292 g/mol. The maximum absolute atomic E-state index is 11.7. The van der Waals surface area contributed by atoms with Crippen LogP contribution < -0.4 is 0 Å². The zero-order valence-corrected chi connectivity index (χ0v) is 10.6. The maximum Gasteiger partial charge on any atom is 0.310 e. The first kappa shape index (κ1) is 12.5. The van der Waals surface area contributed by atoms with Gasteiger partial charge in [-0.1, -0.05) is 53.0 Å². The van der Waals surface area contributed by atoms with Crippen LogP contribution >= 0.6 is 34.8 Å². The zero-order valence-electron chi connectivity index (χ0n) is 6.65. The highest BCUT2D eigenvalue weighted by atomic mass is 35.6. The van der Waals surface area contributed by atoms with Crippen molar-refractivity contribution < 1.29 is 8.39 Å². The average Bonchev–Trinajstić information content (AvgIpc) is 2.01. The van der Waals surface area contributed by atoms with Gasteiger partial charge in [0.2, 0.25) is 0 Å². The van der Waals surface area contributed by atoms with Crippen LogP contribution in [0.2, 0.25) is 0 Å². The minimum Gasteiger partial charge on any atom is -0.232 e. The number of hydrogen-bond donors (Lipinski definition) is 0. The molecule has 0 spiro atoms. The van der Waals surface area contributed by atoms with Crippen molar-refractivity contribution in [1.82, 2.24) is 0 Å². The third-order valence-corrected chi connectivity index (χ3v) is 3.84. The van der Waals surface area contributed by atoms with Crippen LogP contribution in [0, 0.1) is 0 Å². The second-order valence-electron chi connectivity index (χ2n) is 2.30. The molecular formula is C7H5Cl3O2S2. The second-order valence-corrected chi connectivity index (χ2v) is 7.34. The Morgan fingerprint density at radius 1 is 1.21 bits per heavy atom. The van der Waals surface area contributed by atoms with E-state index in [1.54, 1.807) is 30.3 Å². The molecule has 1 unspecified atom stereocenters. The van der Waals surface area contributed by atoms with Crippen molar-refractivity contribution in [3.05, 3.63) is 30.3 Å². The summed E-state index contributed by atoms with van der Waals surface area (Å²) in [5, 5.41) is 0. The molecule has 78 valence electrons. The van der Waals surface area contributed by atoms with Crippen LogP contribution in [0.4, 0.5) is 0 Å². The molecule has 0 heterocycles. The lowest BCUT2D eigenvalue weighted by atomic mass is 10.4. The standard InChI is InChI=1S/C7H5Cl3O2S2/c8-7(9,10)12-14(11,13)6-4-2-1-3-5-6/h1-5H. The lowest BCUT2D eigenvalue weighted by Gasteiger charge is -2.13. The van der Waals surface area contributed by atoms with Crippen LogP contribution in [0.1, 0.15) is 0 Å². The van der Waals surface area contributed by atoms with Gasteiger partial charge in [0.15, 0.2) is 8.77 Å². The summed E-state index contributed by atoms with van der Waals surface area (Å²) in [6, 6.07) is 8.19. The van der Waals surface area contributed by atoms with Crippen molar-refractivity contribution in [3.8, 4) is 0 Å². The van der Waals surface area contributed by atoms with Crippen molar-refractivity contribution in [2.75, 3.05) is 0 Å². The van der Waals surface area contributed by atoms with Crippen molar-refractivity contribution in [2.45, 2.75) is 8.87 Å². The van der Waals surface area contributed by atoms with Crippen molar-refractivity contribution in [3.63, 3.8) is 0 Å². The Morgan fingerprint density at radius 3 is 2.14 bits per heavy atom. The molecule has 1 atom stereocenters. The van der Waals surface area contributed by atoms with E-state index in [1.165, 1.54) is 0 Å². The molecule has 0 N–H and O–H groups in total. The summed E-state index contributed by atoms with van der Waals surface area (Å²) in [6.45, 7) is 0. The van der Waals surface area contributed by atoms with Crippen LogP contribution in [-0.2, 0) is 24.1 Å². The maximum atomic E-state index is 11.7. The van der Waals surface area contributed by atoms with Crippen LogP contribution in [0.25, 0.3) is 0 Å². The van der Waals surface area contributed by atoms with Gasteiger partial charge in [-0.25, -0.2) is 8.39 Å². The van der Waals surface area contributed by atoms with E-state index in [0.717, 1.165) is 0 Å². The Kier molecular flexibility index (Phi) is 4.03. The molecule has 0 amide bonds. The molecule has 0 aliphatic heterocycles. The topological polar surface area (TPSA) is 26.3 Å². The Bertz CT molecular complexity index is 397. The van der Waals surface area contributed by atoms with Gasteiger partial charge < -0.3 is 0 Å². The fourth-order valence-electron chi connectivity index (χ4n) is 0.760. The van der Waals surface area contributed by atoms with Gasteiger partial charge in [-0.2, -0.15) is 0 Å². The Hall–Kier alpha value is 0.420. The monoisotopic (exact) mass is 290 g/mol. The van der Waals surface area contributed by atoms with E-state index < -0.39 is 12.8 Å². The van der Waals surface area contributed by atoms with Gasteiger partial charge in [-0.15, -0.1) is 0 Å². The smallest absolute Gasteiger partial charge is 0.232 e. The van der Waals surface area contributed by atoms with E-state index in [9.17, 15) is 4.21 Å². The molecule has 2 nitrogen and oxygen atoms in total. The highest BCUT2D eigenvalue weighted by Gasteiger charge is 2.27. The van der Waals surface area contributed by atoms with E-state index in [0.29, 0.717) is 4.90 Å². The highest BCUT2D eigenvalue weighted by molar-refractivity contribution is 8.30. The summed E-state index contributed by atoms with van der Waals surface area (Å²) < 4.78 is 14.3. The minimum absolute atomic E-state index is 0.307. The zero-order chi connectivity index (χ0) is 10.8. The summed E-state index contributed by atoms with van der Waals surface area (Å²) in [5.74, 6) is 0. The molecule has 1 aromatic carbocycles. The van der Waals surface area contributed by atoms with Gasteiger partial charge in [0.1, 0.15) is 0 Å². The molecule has 0 aliphatic rings. The summed E-state index contributed by atoms with van der Waals surface area (Å²) in [4.78, 5) is 0.307. The quantitative estimate of drug-likeness (QED) is 0.784. The first-order valence-electron chi connectivity index (χ1n) is 3.39. The number of rotatable bonds is 2. The lowest BCUT2D eigenvalue weighted by Crippen LogP contribution is -2.15. The van der Waals surface area contributed by atoms with E-state index in [2.05, 4.69) is 4.18 Å². The molecule has 0 fully saturated rings. The molecule has 1 aromatic rings. The van der Waals surface area contributed by atoms with Crippen molar-refractivity contribution in [2.24, 2.45) is 0 Å². The van der Waals surface area contributed by atoms with Crippen LogP contribution in [0.15, 0.2) is 35.2 Å². The molecule has 0 aliphatic carbocycles. The molecule has 7 heteroatoms. The predicted octanol–water partition coefficient (Wildman–Crippen LogP) is 3.05. The first-order valence-corrected chi connectivity index (χ1v) is 6.93. The molecular weight excluding hydrogens is 287 g/mol. The molecule has 1 rings (SSSR count). The number of benzene rings is 1. The third kappa shape index (κ3) is 3.88. The Labute approximate surface area is 102 Å². The SMILES string of the molecule is O=S(=S)(OC(Cl)(Cl)Cl)c1ccccc1. The Balaban J connectivity index is 2.99. The van der Waals surface area contributed by atoms with Gasteiger partial charge >= 0.3 is 3.98 Å². The number of hydrogen-bond acceptors (Lipinski definition) is 3. The van der Waals surface area contributed by atoms with Gasteiger partial charge in [0, 0.05) is 11.2 Å². The predicted molar refractivity (Wildman–Crippen MR) is 61.6 cm³/mol. The highest BCUT2D eigenvalue weighted by Crippen LogP contribution is 2.31. The largest absolute Gasteiger partial charge is 0.310 e. The lowest BCUT2D eigenvalue weighted by molar-refractivity contribution is 0.350. The minimum atomic E-state index is -3.18. The normalized spacial score (nSPS) is 16.2. The summed E-state index contributed by atoms with van der Waals surface area (Å²) in [6.07, 6.45) is 0. The van der Waals surface area contributed by atoms with Gasteiger partial charge in [-0.3, -0.25) is 0 Å². The molecule has 0 radical (unpaired) electrons. The van der Waals surface area contributed by atoms with E-state index in [1.807, 2.05) is 0 Å². The van der Waals surface area contributed by atoms with Crippen molar-refractivity contribution in [1.29, 1.82) is 0 Å². The Morgan fingerprint density at radius 2 is 1.71 bits per heavy atom. The first-order chi connectivity index (χ1) is 6.31. The molecule has 0 aromatic heterocycles. The summed E-state index contributed by atoms with van der Waals surface area (Å²) in [7, 11) is -3.18. The van der Waals surface area contributed by atoms with Crippen molar-refractivity contribution >= 4 is 54.8 Å². The fraction of sp³-hybridized carbons (Fsp3) is 0.143. The summed E-state index contributed by atoms with van der Waals surface area (Å²) in [5.41, 5.74) is 0. The van der Waals surface area contributed by atoms with Crippen LogP contribution in [-0.4, -0.2) is 8.19 Å². The van der Waals surface area contributed by atoms with Gasteiger partial charge in [-0.05, 0) is 12.1 Å². The summed E-state index contributed by atoms with van der Waals surface area (Å²) >= 11 is 20.7. The van der Waals surface area contributed by atoms with Gasteiger partial charge in [0.25, 0.3) is 0 Å². The molecule has 0 bridgehead atoms. The van der Waals surface area contributed by atoms with Crippen LogP contribution in [0.3, 0.4) is 0 Å². The number of halogens is 3. The van der Waals surface area contributed by atoms with E-state index >= 15 is 0 Å². The number of alkyl halides is 3. The third-order valence-electron chi connectivity index (χ3n) is 1.24. The van der Waals surface area contributed by atoms with Crippen LogP contribution in [0.5, 0.6) is 0 Å². The fourth-order valence-corrected chi connectivity index (χ4v) is 3.37. The molecule has 0 saturated carbocycles. The second kappa shape index (κ2) is 4.51.